The number of hydrogen-bond donors (Lipinski definition) is 0. The number of carbonyl (C=O) groups is 1. The Balaban J connectivity index is 2.24. The van der Waals surface area contributed by atoms with E-state index in [4.69, 9.17) is 9.47 Å². The quantitative estimate of drug-likeness (QED) is 0.761. The molecule has 0 spiro atoms. The van der Waals surface area contributed by atoms with Crippen LogP contribution in [-0.4, -0.2) is 31.9 Å². The van der Waals surface area contributed by atoms with E-state index in [9.17, 15) is 9.59 Å². The van der Waals surface area contributed by atoms with Crippen molar-refractivity contribution in [1.29, 1.82) is 0 Å². The summed E-state index contributed by atoms with van der Waals surface area (Å²) in [6.45, 7) is 0.410. The number of esters is 1. The van der Waals surface area contributed by atoms with Crippen LogP contribution in [0.2, 0.25) is 0 Å². The second-order valence-electron chi connectivity index (χ2n) is 4.87. The lowest BCUT2D eigenvalue weighted by molar-refractivity contribution is 0.0599. The third-order valence-corrected chi connectivity index (χ3v) is 3.51. The van der Waals surface area contributed by atoms with Crippen molar-refractivity contribution in [3.05, 3.63) is 58.0 Å². The summed E-state index contributed by atoms with van der Waals surface area (Å²) >= 11 is 0. The van der Waals surface area contributed by atoms with Crippen molar-refractivity contribution >= 4 is 5.97 Å². The monoisotopic (exact) mass is 317 g/mol. The summed E-state index contributed by atoms with van der Waals surface area (Å²) < 4.78 is 16.7. The number of ether oxygens (including phenoxy) is 3. The molecule has 0 radical (unpaired) electrons. The van der Waals surface area contributed by atoms with Crippen molar-refractivity contribution in [3.8, 4) is 11.5 Å². The summed E-state index contributed by atoms with van der Waals surface area (Å²) in [7, 11) is 4.49. The van der Waals surface area contributed by atoms with Gasteiger partial charge in [0, 0.05) is 18.8 Å². The second-order valence-corrected chi connectivity index (χ2v) is 4.87. The van der Waals surface area contributed by atoms with Crippen LogP contribution in [-0.2, 0) is 17.7 Å². The number of nitrogens with zero attached hydrogens (tertiary/aromatic N) is 1. The van der Waals surface area contributed by atoms with E-state index in [-0.39, 0.29) is 5.56 Å². The standard InChI is InChI=1S/C17H19NO5/c1-21-14-5-6-15(22-2)12(10-14)8-9-18-11-13(17(20)23-3)4-7-16(18)19/h4-7,10-11H,8-9H2,1-3H3. The predicted octanol–water partition coefficient (Wildman–Crippen LogP) is 1.89. The Kier molecular flexibility index (Phi) is 5.41. The summed E-state index contributed by atoms with van der Waals surface area (Å²) in [5, 5.41) is 0. The Hall–Kier alpha value is -2.76. The van der Waals surface area contributed by atoms with E-state index < -0.39 is 5.97 Å². The number of pyridine rings is 1. The van der Waals surface area contributed by atoms with Crippen LogP contribution in [0.3, 0.4) is 0 Å². The van der Waals surface area contributed by atoms with E-state index in [1.54, 1.807) is 14.2 Å². The van der Waals surface area contributed by atoms with Gasteiger partial charge in [0.15, 0.2) is 0 Å². The van der Waals surface area contributed by atoms with Crippen molar-refractivity contribution in [2.45, 2.75) is 13.0 Å². The fourth-order valence-electron chi connectivity index (χ4n) is 2.26. The van der Waals surface area contributed by atoms with Crippen LogP contribution in [0.25, 0.3) is 0 Å². The minimum absolute atomic E-state index is 0.181. The van der Waals surface area contributed by atoms with Gasteiger partial charge in [0.05, 0.1) is 26.9 Å². The van der Waals surface area contributed by atoms with Crippen LogP contribution in [0.1, 0.15) is 15.9 Å². The molecule has 2 aromatic rings. The SMILES string of the molecule is COC(=O)c1ccc(=O)n(CCc2cc(OC)ccc2OC)c1. The van der Waals surface area contributed by atoms with Crippen molar-refractivity contribution in [1.82, 2.24) is 4.57 Å². The van der Waals surface area contributed by atoms with Crippen molar-refractivity contribution in [3.63, 3.8) is 0 Å². The molecule has 0 fully saturated rings. The van der Waals surface area contributed by atoms with Crippen molar-refractivity contribution in [2.75, 3.05) is 21.3 Å². The molecule has 0 aliphatic carbocycles. The van der Waals surface area contributed by atoms with Gasteiger partial charge in [-0.15, -0.1) is 0 Å². The zero-order valence-electron chi connectivity index (χ0n) is 13.4. The highest BCUT2D eigenvalue weighted by Gasteiger charge is 2.09. The van der Waals surface area contributed by atoms with E-state index >= 15 is 0 Å². The molecule has 122 valence electrons. The van der Waals surface area contributed by atoms with Crippen LogP contribution in [0.4, 0.5) is 0 Å². The van der Waals surface area contributed by atoms with Crippen LogP contribution in [0, 0.1) is 0 Å². The molecule has 0 aliphatic rings. The molecule has 1 aromatic carbocycles. The first kappa shape index (κ1) is 16.6. The highest BCUT2D eigenvalue weighted by atomic mass is 16.5. The molecule has 6 heteroatoms. The van der Waals surface area contributed by atoms with Gasteiger partial charge in [0.1, 0.15) is 11.5 Å². The third-order valence-electron chi connectivity index (χ3n) is 3.51. The van der Waals surface area contributed by atoms with E-state index in [0.717, 1.165) is 17.1 Å². The van der Waals surface area contributed by atoms with Gasteiger partial charge in [-0.2, -0.15) is 0 Å². The number of aryl methyl sites for hydroxylation is 2. The summed E-state index contributed by atoms with van der Waals surface area (Å²) in [5.74, 6) is 0.970. The lowest BCUT2D eigenvalue weighted by Gasteiger charge is -2.12. The second kappa shape index (κ2) is 7.49. The zero-order valence-corrected chi connectivity index (χ0v) is 13.4. The number of hydrogen-bond acceptors (Lipinski definition) is 5. The molecule has 0 saturated heterocycles. The van der Waals surface area contributed by atoms with Crippen LogP contribution < -0.4 is 15.0 Å². The van der Waals surface area contributed by atoms with E-state index in [0.29, 0.717) is 18.5 Å². The van der Waals surface area contributed by atoms with Gasteiger partial charge in [0.25, 0.3) is 5.56 Å². The summed E-state index contributed by atoms with van der Waals surface area (Å²) in [5.41, 5.74) is 1.08. The summed E-state index contributed by atoms with van der Waals surface area (Å²) in [6, 6.07) is 8.31. The molecule has 2 rings (SSSR count). The lowest BCUT2D eigenvalue weighted by Crippen LogP contribution is -2.21. The molecule has 6 nitrogen and oxygen atoms in total. The lowest BCUT2D eigenvalue weighted by atomic mass is 10.1. The molecule has 0 aliphatic heterocycles. The van der Waals surface area contributed by atoms with Crippen LogP contribution in [0.15, 0.2) is 41.3 Å². The molecule has 1 heterocycles. The fraction of sp³-hybridized carbons (Fsp3) is 0.294. The molecule has 23 heavy (non-hydrogen) atoms. The van der Waals surface area contributed by atoms with E-state index in [1.807, 2.05) is 18.2 Å². The zero-order chi connectivity index (χ0) is 16.8. The highest BCUT2D eigenvalue weighted by molar-refractivity contribution is 5.88. The Morgan fingerprint density at radius 1 is 1.09 bits per heavy atom. The van der Waals surface area contributed by atoms with Gasteiger partial charge >= 0.3 is 5.97 Å². The predicted molar refractivity (Wildman–Crippen MR) is 85.3 cm³/mol. The maximum atomic E-state index is 11.9. The van der Waals surface area contributed by atoms with Gasteiger partial charge < -0.3 is 18.8 Å². The van der Waals surface area contributed by atoms with Crippen LogP contribution in [0.5, 0.6) is 11.5 Å². The van der Waals surface area contributed by atoms with Gasteiger partial charge in [-0.1, -0.05) is 0 Å². The number of benzene rings is 1. The average Bonchev–Trinajstić information content (AvgIpc) is 2.59. The van der Waals surface area contributed by atoms with Crippen molar-refractivity contribution in [2.24, 2.45) is 0 Å². The minimum Gasteiger partial charge on any atom is -0.497 e. The fourth-order valence-corrected chi connectivity index (χ4v) is 2.26. The Morgan fingerprint density at radius 2 is 1.87 bits per heavy atom. The smallest absolute Gasteiger partial charge is 0.339 e. The third kappa shape index (κ3) is 3.91. The molecular weight excluding hydrogens is 298 g/mol. The molecule has 0 unspecified atom stereocenters. The van der Waals surface area contributed by atoms with Gasteiger partial charge in [-0.25, -0.2) is 4.79 Å². The first-order valence-electron chi connectivity index (χ1n) is 7.08. The topological polar surface area (TPSA) is 66.8 Å². The highest BCUT2D eigenvalue weighted by Crippen LogP contribution is 2.24. The first-order chi connectivity index (χ1) is 11.1. The number of rotatable bonds is 6. The van der Waals surface area contributed by atoms with E-state index in [1.165, 1.54) is 30.0 Å². The minimum atomic E-state index is -0.474. The normalized spacial score (nSPS) is 10.2. The van der Waals surface area contributed by atoms with E-state index in [2.05, 4.69) is 4.74 Å². The Labute approximate surface area is 134 Å². The number of aromatic nitrogens is 1. The largest absolute Gasteiger partial charge is 0.497 e. The Morgan fingerprint density at radius 3 is 2.52 bits per heavy atom. The maximum absolute atomic E-state index is 11.9. The Bertz CT molecular complexity index is 751. The average molecular weight is 317 g/mol. The molecule has 0 N–H and O–H groups in total. The summed E-state index contributed by atoms with van der Waals surface area (Å²) in [4.78, 5) is 23.5. The summed E-state index contributed by atoms with van der Waals surface area (Å²) in [6.07, 6.45) is 2.06. The molecule has 0 amide bonds. The number of methoxy groups -OCH3 is 3. The molecule has 0 saturated carbocycles. The van der Waals surface area contributed by atoms with Crippen molar-refractivity contribution < 1.29 is 19.0 Å². The molecular formula is C17H19NO5. The number of carbonyl (C=O) groups excluding carboxylic acids is 1. The molecule has 0 atom stereocenters. The van der Waals surface area contributed by atoms with Gasteiger partial charge in [0.2, 0.25) is 0 Å². The van der Waals surface area contributed by atoms with Gasteiger partial charge in [-0.05, 0) is 36.2 Å². The van der Waals surface area contributed by atoms with Gasteiger partial charge in [-0.3, -0.25) is 4.79 Å². The maximum Gasteiger partial charge on any atom is 0.339 e. The molecule has 1 aromatic heterocycles. The van der Waals surface area contributed by atoms with Crippen LogP contribution >= 0.6 is 0 Å². The first-order valence-corrected chi connectivity index (χ1v) is 7.08. The molecule has 0 bridgehead atoms.